The molecule has 0 aliphatic carbocycles. The van der Waals surface area contributed by atoms with E-state index in [9.17, 15) is 24.8 Å². The van der Waals surface area contributed by atoms with E-state index in [4.69, 9.17) is 9.84 Å². The van der Waals surface area contributed by atoms with Gasteiger partial charge in [-0.1, -0.05) is 0 Å². The number of phenols is 1. The second-order valence-corrected chi connectivity index (χ2v) is 8.77. The number of nitro benzene ring substituents is 1. The molecule has 0 saturated carbocycles. The quantitative estimate of drug-likeness (QED) is 0.245. The Bertz CT molecular complexity index is 1240. The highest BCUT2D eigenvalue weighted by Crippen LogP contribution is 2.39. The van der Waals surface area contributed by atoms with Crippen LogP contribution in [0.2, 0.25) is 0 Å². The van der Waals surface area contributed by atoms with Gasteiger partial charge in [0.05, 0.1) is 25.9 Å². The molecule has 3 rings (SSSR count). The van der Waals surface area contributed by atoms with Crippen LogP contribution in [0.1, 0.15) is 22.8 Å². The third-order valence-corrected chi connectivity index (χ3v) is 5.94. The minimum atomic E-state index is -0.970. The van der Waals surface area contributed by atoms with Crippen molar-refractivity contribution in [3.05, 3.63) is 84.8 Å². The minimum absolute atomic E-state index is 0.0209. The van der Waals surface area contributed by atoms with Crippen LogP contribution in [0.5, 0.6) is 17.2 Å². The Labute approximate surface area is 211 Å². The summed E-state index contributed by atoms with van der Waals surface area (Å²) in [6, 6.07) is 13.0. The number of rotatable bonds is 8. The molecule has 1 amide bonds. The number of nitrogens with zero attached hydrogens (tertiary/aromatic N) is 2. The van der Waals surface area contributed by atoms with Crippen molar-refractivity contribution in [2.45, 2.75) is 13.3 Å². The molecule has 0 unspecified atom stereocenters. The average Bonchev–Trinajstić information content (AvgIpc) is 2.77. The third kappa shape index (κ3) is 5.72. The van der Waals surface area contributed by atoms with Crippen LogP contribution in [0, 0.1) is 10.1 Å². The fraction of sp³-hybridized carbons (Fsp3) is 0.130. The smallest absolute Gasteiger partial charge is 0.307 e. The van der Waals surface area contributed by atoms with Crippen molar-refractivity contribution in [3.63, 3.8) is 0 Å². The molecule has 34 heavy (non-hydrogen) atoms. The van der Waals surface area contributed by atoms with Gasteiger partial charge >= 0.3 is 5.97 Å². The number of aliphatic carboxylic acids is 1. The van der Waals surface area contributed by atoms with Gasteiger partial charge in [-0.3, -0.25) is 19.7 Å². The number of hydrogen-bond acceptors (Lipinski definition) is 6. The fourth-order valence-electron chi connectivity index (χ4n) is 3.20. The Morgan fingerprint density at radius 3 is 2.21 bits per heavy atom. The number of carbonyl (C=O) groups is 2. The molecule has 0 bridgehead atoms. The van der Waals surface area contributed by atoms with Gasteiger partial charge in [0.2, 0.25) is 0 Å². The number of hydrogen-bond donors (Lipinski definition) is 2. The zero-order valence-corrected chi connectivity index (χ0v) is 20.9. The van der Waals surface area contributed by atoms with E-state index in [1.54, 1.807) is 19.1 Å². The lowest BCUT2D eigenvalue weighted by atomic mass is 10.1. The topological polar surface area (TPSA) is 130 Å². The number of halogens is 2. The molecule has 11 heteroatoms. The molecule has 2 N–H and O–H groups in total. The van der Waals surface area contributed by atoms with Crippen LogP contribution in [0.25, 0.3) is 0 Å². The van der Waals surface area contributed by atoms with Crippen molar-refractivity contribution in [2.24, 2.45) is 0 Å². The zero-order valence-electron chi connectivity index (χ0n) is 17.7. The SMILES string of the molecule is CCN(C(=O)c1cc(Oc2c(Br)cc(CC(=O)O)cc2Br)ccc1O)c1ccc([N+](=O)[O-])cc1. The first-order valence-electron chi connectivity index (χ1n) is 9.87. The van der Waals surface area contributed by atoms with Gasteiger partial charge in [-0.15, -0.1) is 0 Å². The molecule has 0 fully saturated rings. The molecule has 0 aliphatic rings. The maximum atomic E-state index is 13.2. The van der Waals surface area contributed by atoms with Crippen LogP contribution in [0.15, 0.2) is 63.5 Å². The van der Waals surface area contributed by atoms with E-state index >= 15 is 0 Å². The molecule has 0 saturated heterocycles. The van der Waals surface area contributed by atoms with E-state index in [0.717, 1.165) is 0 Å². The fourth-order valence-corrected chi connectivity index (χ4v) is 4.64. The van der Waals surface area contributed by atoms with E-state index in [1.165, 1.54) is 47.4 Å². The second kappa shape index (κ2) is 10.7. The Balaban J connectivity index is 1.90. The molecule has 3 aromatic carbocycles. The van der Waals surface area contributed by atoms with E-state index in [0.29, 0.717) is 25.9 Å². The van der Waals surface area contributed by atoms with Crippen LogP contribution < -0.4 is 9.64 Å². The molecule has 0 aliphatic heterocycles. The van der Waals surface area contributed by atoms with Crippen LogP contribution in [0.4, 0.5) is 11.4 Å². The van der Waals surface area contributed by atoms with Gasteiger partial charge in [-0.2, -0.15) is 0 Å². The van der Waals surface area contributed by atoms with Crippen LogP contribution in [-0.2, 0) is 11.2 Å². The number of phenolic OH excluding ortho intramolecular Hbond substituents is 1. The largest absolute Gasteiger partial charge is 0.507 e. The Hall–Kier alpha value is -3.44. The summed E-state index contributed by atoms with van der Waals surface area (Å²) in [6.07, 6.45) is -0.162. The van der Waals surface area contributed by atoms with E-state index in [-0.39, 0.29) is 35.7 Å². The number of non-ortho nitro benzene ring substituents is 1. The van der Waals surface area contributed by atoms with Gasteiger partial charge in [0, 0.05) is 24.4 Å². The summed E-state index contributed by atoms with van der Waals surface area (Å²) in [5.74, 6) is -1.13. The Kier molecular flexibility index (Phi) is 7.90. The Morgan fingerprint density at radius 2 is 1.68 bits per heavy atom. The summed E-state index contributed by atoms with van der Waals surface area (Å²) in [5.41, 5.74) is 0.869. The number of ether oxygens (including phenoxy) is 1. The first-order valence-corrected chi connectivity index (χ1v) is 11.5. The number of amides is 1. The number of aromatic hydroxyl groups is 1. The summed E-state index contributed by atoms with van der Waals surface area (Å²) in [5, 5.41) is 30.2. The predicted molar refractivity (Wildman–Crippen MR) is 132 cm³/mol. The van der Waals surface area contributed by atoms with E-state index in [2.05, 4.69) is 31.9 Å². The minimum Gasteiger partial charge on any atom is -0.507 e. The van der Waals surface area contributed by atoms with Gasteiger partial charge < -0.3 is 19.8 Å². The van der Waals surface area contributed by atoms with Crippen molar-refractivity contribution in [1.29, 1.82) is 0 Å². The van der Waals surface area contributed by atoms with E-state index in [1.807, 2.05) is 0 Å². The number of carboxylic acids is 1. The molecule has 176 valence electrons. The number of anilines is 1. The van der Waals surface area contributed by atoms with Crippen LogP contribution in [-0.4, -0.2) is 33.6 Å². The maximum absolute atomic E-state index is 13.2. The third-order valence-electron chi connectivity index (χ3n) is 4.77. The van der Waals surface area contributed by atoms with Crippen molar-refractivity contribution < 1.29 is 29.5 Å². The zero-order chi connectivity index (χ0) is 25.0. The monoisotopic (exact) mass is 592 g/mol. The van der Waals surface area contributed by atoms with Gasteiger partial charge in [0.25, 0.3) is 11.6 Å². The van der Waals surface area contributed by atoms with Crippen molar-refractivity contribution in [1.82, 2.24) is 0 Å². The lowest BCUT2D eigenvalue weighted by molar-refractivity contribution is -0.384. The van der Waals surface area contributed by atoms with Crippen molar-refractivity contribution in [3.8, 4) is 17.2 Å². The average molecular weight is 594 g/mol. The normalized spacial score (nSPS) is 10.6. The van der Waals surface area contributed by atoms with Crippen molar-refractivity contribution in [2.75, 3.05) is 11.4 Å². The highest BCUT2D eigenvalue weighted by atomic mass is 79.9. The van der Waals surface area contributed by atoms with Gasteiger partial charge in [-0.05, 0) is 86.8 Å². The highest BCUT2D eigenvalue weighted by molar-refractivity contribution is 9.11. The summed E-state index contributed by atoms with van der Waals surface area (Å²) >= 11 is 6.74. The molecule has 3 aromatic rings. The van der Waals surface area contributed by atoms with Gasteiger partial charge in [-0.25, -0.2) is 0 Å². The molecular formula is C23H18Br2N2O7. The molecule has 0 heterocycles. The summed E-state index contributed by atoms with van der Waals surface area (Å²) < 4.78 is 6.91. The highest BCUT2D eigenvalue weighted by Gasteiger charge is 2.22. The lowest BCUT2D eigenvalue weighted by Crippen LogP contribution is -2.30. The Morgan fingerprint density at radius 1 is 1.06 bits per heavy atom. The lowest BCUT2D eigenvalue weighted by Gasteiger charge is -2.22. The van der Waals surface area contributed by atoms with Crippen LogP contribution in [0.3, 0.4) is 0 Å². The molecule has 0 atom stereocenters. The van der Waals surface area contributed by atoms with Gasteiger partial charge in [0.15, 0.2) is 5.75 Å². The van der Waals surface area contributed by atoms with Crippen LogP contribution >= 0.6 is 31.9 Å². The second-order valence-electron chi connectivity index (χ2n) is 7.06. The summed E-state index contributed by atoms with van der Waals surface area (Å²) in [7, 11) is 0. The molecule has 9 nitrogen and oxygen atoms in total. The van der Waals surface area contributed by atoms with Crippen molar-refractivity contribution >= 4 is 55.1 Å². The molecule has 0 spiro atoms. The number of benzene rings is 3. The summed E-state index contributed by atoms with van der Waals surface area (Å²) in [4.78, 5) is 35.9. The van der Waals surface area contributed by atoms with Gasteiger partial charge in [0.1, 0.15) is 11.5 Å². The maximum Gasteiger partial charge on any atom is 0.307 e. The first kappa shape index (κ1) is 25.2. The molecule has 0 aromatic heterocycles. The standard InChI is InChI=1S/C23H18Br2N2O7/c1-2-26(14-3-5-15(6-4-14)27(32)33)23(31)17-12-16(7-8-20(17)28)34-22-18(24)9-13(10-19(22)25)11-21(29)30/h3-10,12,28H,2,11H2,1H3,(H,29,30). The molecule has 0 radical (unpaired) electrons. The van der Waals surface area contributed by atoms with E-state index < -0.39 is 16.8 Å². The number of carbonyl (C=O) groups excluding carboxylic acids is 1. The first-order chi connectivity index (χ1) is 16.1. The number of nitro groups is 1. The summed E-state index contributed by atoms with van der Waals surface area (Å²) in [6.45, 7) is 1.99. The predicted octanol–water partition coefficient (Wildman–Crippen LogP) is 5.91. The number of carboxylic acid groups (broad SMARTS) is 1. The molecular weight excluding hydrogens is 576 g/mol.